The van der Waals surface area contributed by atoms with Crippen molar-refractivity contribution >= 4 is 43.2 Å². The molecule has 1 fully saturated rings. The van der Waals surface area contributed by atoms with Gasteiger partial charge in [0.2, 0.25) is 26.0 Å². The van der Waals surface area contributed by atoms with Crippen molar-refractivity contribution in [3.8, 4) is 0 Å². The van der Waals surface area contributed by atoms with Crippen molar-refractivity contribution in [2.45, 2.75) is 18.4 Å². The molecule has 0 aromatic heterocycles. The van der Waals surface area contributed by atoms with Gasteiger partial charge in [-0.3, -0.25) is 4.79 Å². The van der Waals surface area contributed by atoms with Gasteiger partial charge in [-0.1, -0.05) is 35.9 Å². The Hall–Kier alpha value is -2.02. The molecular formula is C22H29ClN4O5S2. The summed E-state index contributed by atoms with van der Waals surface area (Å²) in [6.07, 6.45) is 1.02. The topological polar surface area (TPSA) is 107 Å². The molecule has 186 valence electrons. The van der Waals surface area contributed by atoms with Crippen LogP contribution in [0.3, 0.4) is 0 Å². The number of anilines is 1. The number of hydrogen-bond acceptors (Lipinski definition) is 6. The van der Waals surface area contributed by atoms with Crippen LogP contribution >= 0.6 is 11.6 Å². The molecule has 0 saturated carbocycles. The summed E-state index contributed by atoms with van der Waals surface area (Å²) in [5, 5.41) is 3.02. The maximum absolute atomic E-state index is 13.2. The lowest BCUT2D eigenvalue weighted by Crippen LogP contribution is -2.47. The second kappa shape index (κ2) is 10.7. The summed E-state index contributed by atoms with van der Waals surface area (Å²) in [6, 6.07) is 11.4. The van der Waals surface area contributed by atoms with Crippen LogP contribution in [0.25, 0.3) is 0 Å². The zero-order valence-electron chi connectivity index (χ0n) is 19.4. The van der Waals surface area contributed by atoms with Gasteiger partial charge in [0.15, 0.2) is 0 Å². The van der Waals surface area contributed by atoms with E-state index >= 15 is 0 Å². The fourth-order valence-electron chi connectivity index (χ4n) is 3.59. The first-order chi connectivity index (χ1) is 15.9. The highest BCUT2D eigenvalue weighted by Crippen LogP contribution is 2.25. The first-order valence-electron chi connectivity index (χ1n) is 10.7. The van der Waals surface area contributed by atoms with E-state index in [1.165, 1.54) is 10.4 Å². The number of aryl methyl sites for hydroxylation is 1. The van der Waals surface area contributed by atoms with Gasteiger partial charge in [-0.15, -0.1) is 0 Å². The van der Waals surface area contributed by atoms with Crippen LogP contribution in [-0.4, -0.2) is 82.3 Å². The summed E-state index contributed by atoms with van der Waals surface area (Å²) in [4.78, 5) is 14.9. The molecular weight excluding hydrogens is 500 g/mol. The molecule has 1 aliphatic rings. The largest absolute Gasteiger partial charge is 0.325 e. The molecule has 2 aromatic carbocycles. The number of nitrogens with one attached hydrogen (secondary N) is 1. The number of carbonyl (C=O) groups is 1. The molecule has 2 aromatic rings. The van der Waals surface area contributed by atoms with Crippen LogP contribution in [0.2, 0.25) is 5.02 Å². The number of rotatable bonds is 8. The van der Waals surface area contributed by atoms with E-state index in [2.05, 4.69) is 10.2 Å². The summed E-state index contributed by atoms with van der Waals surface area (Å²) < 4.78 is 53.4. The average molecular weight is 529 g/mol. The van der Waals surface area contributed by atoms with Gasteiger partial charge < -0.3 is 10.2 Å². The van der Waals surface area contributed by atoms with Gasteiger partial charge >= 0.3 is 0 Å². The van der Waals surface area contributed by atoms with Crippen molar-refractivity contribution in [3.63, 3.8) is 0 Å². The van der Waals surface area contributed by atoms with E-state index in [0.29, 0.717) is 42.3 Å². The highest BCUT2D eigenvalue weighted by Gasteiger charge is 2.29. The molecule has 3 rings (SSSR count). The molecule has 1 saturated heterocycles. The number of piperazine rings is 1. The summed E-state index contributed by atoms with van der Waals surface area (Å²) in [5.41, 5.74) is 1.40. The number of nitrogens with zero attached hydrogens (tertiary/aromatic N) is 3. The summed E-state index contributed by atoms with van der Waals surface area (Å²) in [6.45, 7) is 3.24. The predicted molar refractivity (Wildman–Crippen MR) is 133 cm³/mol. The summed E-state index contributed by atoms with van der Waals surface area (Å²) >= 11 is 6.15. The van der Waals surface area contributed by atoms with Gasteiger partial charge in [-0.05, 0) is 43.3 Å². The van der Waals surface area contributed by atoms with Crippen molar-refractivity contribution in [1.82, 2.24) is 13.5 Å². The molecule has 34 heavy (non-hydrogen) atoms. The molecule has 1 N–H and O–H groups in total. The van der Waals surface area contributed by atoms with Crippen LogP contribution in [0.15, 0.2) is 47.4 Å². The number of amides is 1. The van der Waals surface area contributed by atoms with E-state index in [0.717, 1.165) is 10.6 Å². The molecule has 0 spiro atoms. The Morgan fingerprint density at radius 2 is 1.71 bits per heavy atom. The Labute approximate surface area is 206 Å². The monoisotopic (exact) mass is 528 g/mol. The van der Waals surface area contributed by atoms with Crippen molar-refractivity contribution in [3.05, 3.63) is 58.6 Å². The standard InChI is InChI=1S/C22H29ClN4O5S2/c1-17-8-9-19(14-21(17)34(31,32)26-12-10-25(2)11-13-26)24-22(28)16-27(33(3,29)30)15-18-6-4-5-7-20(18)23/h4-9,14H,10-13,15-16H2,1-3H3,(H,24,28). The lowest BCUT2D eigenvalue weighted by molar-refractivity contribution is -0.116. The van der Waals surface area contributed by atoms with Crippen molar-refractivity contribution in [1.29, 1.82) is 0 Å². The number of carbonyl (C=O) groups excluding carboxylic acids is 1. The smallest absolute Gasteiger partial charge is 0.243 e. The quantitative estimate of drug-likeness (QED) is 0.561. The molecule has 0 bridgehead atoms. The van der Waals surface area contributed by atoms with Gasteiger partial charge in [0.05, 0.1) is 17.7 Å². The Morgan fingerprint density at radius 3 is 2.32 bits per heavy atom. The average Bonchev–Trinajstić information content (AvgIpc) is 2.75. The van der Waals surface area contributed by atoms with E-state index < -0.39 is 32.5 Å². The van der Waals surface area contributed by atoms with Crippen LogP contribution in [0.1, 0.15) is 11.1 Å². The van der Waals surface area contributed by atoms with Crippen LogP contribution in [-0.2, 0) is 31.4 Å². The summed E-state index contributed by atoms with van der Waals surface area (Å²) in [7, 11) is -5.51. The van der Waals surface area contributed by atoms with Crippen LogP contribution in [0, 0.1) is 6.92 Å². The number of sulfonamides is 2. The fraction of sp³-hybridized carbons (Fsp3) is 0.409. The van der Waals surface area contributed by atoms with Crippen molar-refractivity contribution in [2.24, 2.45) is 0 Å². The third-order valence-corrected chi connectivity index (χ3v) is 9.25. The van der Waals surface area contributed by atoms with Crippen LogP contribution in [0.4, 0.5) is 5.69 Å². The first kappa shape index (κ1) is 26.6. The van der Waals surface area contributed by atoms with Crippen LogP contribution in [0.5, 0.6) is 0 Å². The Kier molecular flexibility index (Phi) is 8.38. The second-order valence-electron chi connectivity index (χ2n) is 8.36. The number of halogens is 1. The molecule has 0 aliphatic carbocycles. The van der Waals surface area contributed by atoms with Gasteiger partial charge in [0.1, 0.15) is 0 Å². The zero-order chi connectivity index (χ0) is 25.1. The third-order valence-electron chi connectivity index (χ3n) is 5.65. The Balaban J connectivity index is 1.77. The van der Waals surface area contributed by atoms with Crippen molar-refractivity contribution < 1.29 is 21.6 Å². The van der Waals surface area contributed by atoms with Gasteiger partial charge in [0, 0.05) is 43.4 Å². The van der Waals surface area contributed by atoms with E-state index in [9.17, 15) is 21.6 Å². The van der Waals surface area contributed by atoms with E-state index in [-0.39, 0.29) is 17.1 Å². The molecule has 9 nitrogen and oxygen atoms in total. The van der Waals surface area contributed by atoms with E-state index in [4.69, 9.17) is 11.6 Å². The lowest BCUT2D eigenvalue weighted by atomic mass is 10.2. The maximum Gasteiger partial charge on any atom is 0.243 e. The van der Waals surface area contributed by atoms with E-state index in [1.807, 2.05) is 7.05 Å². The minimum atomic E-state index is -3.73. The van der Waals surface area contributed by atoms with Gasteiger partial charge in [-0.25, -0.2) is 16.8 Å². The van der Waals surface area contributed by atoms with Crippen LogP contribution < -0.4 is 5.32 Å². The minimum Gasteiger partial charge on any atom is -0.325 e. The number of hydrogen-bond donors (Lipinski definition) is 1. The third kappa shape index (κ3) is 6.55. The highest BCUT2D eigenvalue weighted by molar-refractivity contribution is 7.89. The predicted octanol–water partition coefficient (Wildman–Crippen LogP) is 1.98. The maximum atomic E-state index is 13.2. The van der Waals surface area contributed by atoms with Crippen molar-refractivity contribution in [2.75, 3.05) is 51.3 Å². The Morgan fingerprint density at radius 1 is 1.06 bits per heavy atom. The SMILES string of the molecule is Cc1ccc(NC(=O)CN(Cc2ccccc2Cl)S(C)(=O)=O)cc1S(=O)(=O)N1CCN(C)CC1. The molecule has 1 heterocycles. The lowest BCUT2D eigenvalue weighted by Gasteiger charge is -2.32. The highest BCUT2D eigenvalue weighted by atomic mass is 35.5. The molecule has 12 heteroatoms. The minimum absolute atomic E-state index is 0.0666. The molecule has 0 radical (unpaired) electrons. The zero-order valence-corrected chi connectivity index (χ0v) is 21.8. The molecule has 1 amide bonds. The van der Waals surface area contributed by atoms with Gasteiger partial charge in [-0.2, -0.15) is 8.61 Å². The number of benzene rings is 2. The normalized spacial score (nSPS) is 16.0. The Bertz CT molecular complexity index is 1260. The fourth-order valence-corrected chi connectivity index (χ4v) is 6.18. The molecule has 1 aliphatic heterocycles. The van der Waals surface area contributed by atoms with E-state index in [1.54, 1.807) is 43.3 Å². The number of likely N-dealkylation sites (N-methyl/N-ethyl adjacent to an activating group) is 1. The summed E-state index contributed by atoms with van der Waals surface area (Å²) in [5.74, 6) is -0.593. The molecule has 0 unspecified atom stereocenters. The van der Waals surface area contributed by atoms with Gasteiger partial charge in [0.25, 0.3) is 0 Å². The second-order valence-corrected chi connectivity index (χ2v) is 12.7. The molecule has 0 atom stereocenters. The first-order valence-corrected chi connectivity index (χ1v) is 14.3.